The maximum Gasteiger partial charge on any atom is 0.191 e. The Hall–Kier alpha value is -0.790. The van der Waals surface area contributed by atoms with E-state index >= 15 is 0 Å². The molecule has 1 saturated heterocycles. The van der Waals surface area contributed by atoms with Crippen molar-refractivity contribution < 1.29 is 0 Å². The van der Waals surface area contributed by atoms with Gasteiger partial charge in [-0.15, -0.1) is 24.0 Å². The van der Waals surface area contributed by atoms with Crippen molar-refractivity contribution in [1.82, 2.24) is 15.5 Å². The van der Waals surface area contributed by atoms with Crippen molar-refractivity contribution in [2.75, 3.05) is 26.7 Å². The highest BCUT2D eigenvalue weighted by molar-refractivity contribution is 14.0. The molecule has 1 aliphatic heterocycles. The van der Waals surface area contributed by atoms with E-state index in [-0.39, 0.29) is 24.0 Å². The quantitative estimate of drug-likeness (QED) is 0.214. The number of nitrogens with one attached hydrogen (secondary N) is 2. The summed E-state index contributed by atoms with van der Waals surface area (Å²) in [5, 5.41) is 7.72. The predicted molar refractivity (Wildman–Crippen MR) is 119 cm³/mol. The third-order valence-electron chi connectivity index (χ3n) is 4.31. The molecule has 1 fully saturated rings. The largest absolute Gasteiger partial charge is 0.356 e. The number of hydrogen-bond donors (Lipinski definition) is 2. The van der Waals surface area contributed by atoms with Crippen molar-refractivity contribution in [3.05, 3.63) is 47.0 Å². The lowest BCUT2D eigenvalue weighted by Crippen LogP contribution is -2.48. The topological polar surface area (TPSA) is 39.7 Å². The third kappa shape index (κ3) is 8.42. The summed E-state index contributed by atoms with van der Waals surface area (Å²) in [4.78, 5) is 6.82. The van der Waals surface area contributed by atoms with Crippen molar-refractivity contribution in [2.45, 2.75) is 38.8 Å². The number of guanidine groups is 1. The fraction of sp³-hybridized carbons (Fsp3) is 0.526. The summed E-state index contributed by atoms with van der Waals surface area (Å²) in [7, 11) is 1.83. The Kier molecular flexibility index (Phi) is 11.2. The summed E-state index contributed by atoms with van der Waals surface area (Å²) in [5.41, 5.74) is 1.33. The van der Waals surface area contributed by atoms with Crippen molar-refractivity contribution in [3.63, 3.8) is 0 Å². The van der Waals surface area contributed by atoms with E-state index in [1.165, 1.54) is 5.56 Å². The zero-order valence-electron chi connectivity index (χ0n) is 15.2. The minimum absolute atomic E-state index is 0. The summed E-state index contributed by atoms with van der Waals surface area (Å²) in [6, 6.07) is 8.66. The fourth-order valence-electron chi connectivity index (χ4n) is 2.91. The molecule has 0 atom stereocenters. The number of nitrogens with zero attached hydrogens (tertiary/aromatic N) is 2. The van der Waals surface area contributed by atoms with E-state index in [4.69, 9.17) is 11.6 Å². The average Bonchev–Trinajstić information content (AvgIpc) is 2.61. The van der Waals surface area contributed by atoms with Crippen molar-refractivity contribution >= 4 is 41.5 Å². The molecule has 0 amide bonds. The van der Waals surface area contributed by atoms with E-state index in [2.05, 4.69) is 44.8 Å². The molecule has 1 aliphatic rings. The number of aliphatic imine (C=N–C) groups is 1. The molecular weight excluding hydrogens is 447 g/mol. The fourth-order valence-corrected chi connectivity index (χ4v) is 3.04. The van der Waals surface area contributed by atoms with E-state index in [0.29, 0.717) is 6.04 Å². The van der Waals surface area contributed by atoms with Gasteiger partial charge in [0.15, 0.2) is 5.96 Å². The smallest absolute Gasteiger partial charge is 0.191 e. The molecule has 25 heavy (non-hydrogen) atoms. The first-order chi connectivity index (χ1) is 11.7. The lowest BCUT2D eigenvalue weighted by molar-refractivity contribution is 0.198. The summed E-state index contributed by atoms with van der Waals surface area (Å²) in [6.07, 6.45) is 7.55. The van der Waals surface area contributed by atoms with Crippen molar-refractivity contribution in [1.29, 1.82) is 0 Å². The van der Waals surface area contributed by atoms with Crippen LogP contribution in [0.4, 0.5) is 0 Å². The molecule has 0 saturated carbocycles. The minimum Gasteiger partial charge on any atom is -0.356 e. The molecule has 0 unspecified atom stereocenters. The van der Waals surface area contributed by atoms with Gasteiger partial charge in [0.05, 0.1) is 0 Å². The molecule has 0 spiro atoms. The van der Waals surface area contributed by atoms with E-state index in [1.807, 2.05) is 26.1 Å². The second-order valence-corrected chi connectivity index (χ2v) is 6.61. The molecular formula is C19H30ClIN4. The first kappa shape index (κ1) is 22.3. The van der Waals surface area contributed by atoms with Gasteiger partial charge < -0.3 is 10.6 Å². The summed E-state index contributed by atoms with van der Waals surface area (Å²) in [5.74, 6) is 0.913. The van der Waals surface area contributed by atoms with Crippen LogP contribution in [-0.4, -0.2) is 43.6 Å². The number of likely N-dealkylation sites (tertiary alicyclic amines) is 1. The van der Waals surface area contributed by atoms with Gasteiger partial charge in [0, 0.05) is 44.3 Å². The molecule has 2 rings (SSSR count). The highest BCUT2D eigenvalue weighted by atomic mass is 127. The molecule has 0 radical (unpaired) electrons. The number of rotatable bonds is 6. The van der Waals surface area contributed by atoms with Gasteiger partial charge in [-0.3, -0.25) is 9.89 Å². The lowest BCUT2D eigenvalue weighted by atomic mass is 10.0. The number of halogens is 2. The highest BCUT2D eigenvalue weighted by Gasteiger charge is 2.19. The molecule has 4 nitrogen and oxygen atoms in total. The Balaban J connectivity index is 0.00000312. The van der Waals surface area contributed by atoms with Crippen LogP contribution in [-0.2, 0) is 6.54 Å². The molecule has 0 bridgehead atoms. The summed E-state index contributed by atoms with van der Waals surface area (Å²) >= 11 is 5.95. The normalized spacial score (nSPS) is 16.7. The Bertz CT molecular complexity index is 537. The van der Waals surface area contributed by atoms with Crippen LogP contribution in [0.3, 0.4) is 0 Å². The van der Waals surface area contributed by atoms with E-state index in [9.17, 15) is 0 Å². The van der Waals surface area contributed by atoms with Crippen molar-refractivity contribution in [3.8, 4) is 0 Å². The number of benzene rings is 1. The van der Waals surface area contributed by atoms with Crippen LogP contribution in [0.15, 0.2) is 41.4 Å². The molecule has 0 aromatic heterocycles. The van der Waals surface area contributed by atoms with Crippen LogP contribution < -0.4 is 10.6 Å². The molecule has 1 heterocycles. The van der Waals surface area contributed by atoms with Gasteiger partial charge in [0.2, 0.25) is 0 Å². The zero-order valence-corrected chi connectivity index (χ0v) is 18.3. The standard InChI is InChI=1S/C19H29ClN4.HI/c1-3-4-5-12-22-19(21-2)23-18-10-13-24(14-11-18)15-16-6-8-17(20)9-7-16;/h3-4,6-9,18H,5,10-15H2,1-2H3,(H2,21,22,23);1H. The Morgan fingerprint density at radius 1 is 1.28 bits per heavy atom. The number of piperidine rings is 1. The molecule has 140 valence electrons. The van der Waals surface area contributed by atoms with Gasteiger partial charge in [-0.05, 0) is 43.9 Å². The highest BCUT2D eigenvalue weighted by Crippen LogP contribution is 2.15. The van der Waals surface area contributed by atoms with Gasteiger partial charge in [0.25, 0.3) is 0 Å². The van der Waals surface area contributed by atoms with Crippen LogP contribution in [0.5, 0.6) is 0 Å². The zero-order chi connectivity index (χ0) is 17.2. The van der Waals surface area contributed by atoms with E-state index in [0.717, 1.165) is 56.4 Å². The lowest BCUT2D eigenvalue weighted by Gasteiger charge is -2.33. The molecule has 1 aromatic carbocycles. The van der Waals surface area contributed by atoms with Crippen LogP contribution in [0, 0.1) is 0 Å². The maximum atomic E-state index is 5.95. The second-order valence-electron chi connectivity index (χ2n) is 6.18. The number of hydrogen-bond acceptors (Lipinski definition) is 2. The first-order valence-electron chi connectivity index (χ1n) is 8.76. The monoisotopic (exact) mass is 476 g/mol. The average molecular weight is 477 g/mol. The Morgan fingerprint density at radius 3 is 2.56 bits per heavy atom. The van der Waals surface area contributed by atoms with Crippen LogP contribution in [0.2, 0.25) is 5.02 Å². The van der Waals surface area contributed by atoms with Crippen LogP contribution in [0.25, 0.3) is 0 Å². The van der Waals surface area contributed by atoms with Gasteiger partial charge in [-0.1, -0.05) is 35.9 Å². The van der Waals surface area contributed by atoms with Gasteiger partial charge in [0.1, 0.15) is 0 Å². The molecule has 0 aliphatic carbocycles. The number of allylic oxidation sites excluding steroid dienone is 1. The Morgan fingerprint density at radius 2 is 1.96 bits per heavy atom. The Labute approximate surface area is 174 Å². The van der Waals surface area contributed by atoms with E-state index < -0.39 is 0 Å². The minimum atomic E-state index is 0. The SMILES string of the molecule is CC=CCCNC(=NC)NC1CCN(Cc2ccc(Cl)cc2)CC1.I. The van der Waals surface area contributed by atoms with Crippen LogP contribution in [0.1, 0.15) is 31.7 Å². The van der Waals surface area contributed by atoms with Crippen LogP contribution >= 0.6 is 35.6 Å². The maximum absolute atomic E-state index is 5.95. The molecule has 2 N–H and O–H groups in total. The molecule has 6 heteroatoms. The second kappa shape index (κ2) is 12.5. The van der Waals surface area contributed by atoms with Gasteiger partial charge in [-0.2, -0.15) is 0 Å². The van der Waals surface area contributed by atoms with Crippen molar-refractivity contribution in [2.24, 2.45) is 4.99 Å². The molecule has 1 aromatic rings. The predicted octanol–water partition coefficient (Wildman–Crippen LogP) is 4.05. The summed E-state index contributed by atoms with van der Waals surface area (Å²) < 4.78 is 0. The van der Waals surface area contributed by atoms with E-state index in [1.54, 1.807) is 0 Å². The first-order valence-corrected chi connectivity index (χ1v) is 9.14. The third-order valence-corrected chi connectivity index (χ3v) is 4.56. The summed E-state index contributed by atoms with van der Waals surface area (Å²) in [6.45, 7) is 6.18. The van der Waals surface area contributed by atoms with Gasteiger partial charge >= 0.3 is 0 Å². The van der Waals surface area contributed by atoms with Gasteiger partial charge in [-0.25, -0.2) is 0 Å².